The summed E-state index contributed by atoms with van der Waals surface area (Å²) in [5.41, 5.74) is 6.10. The van der Waals surface area contributed by atoms with Crippen molar-refractivity contribution in [1.82, 2.24) is 5.32 Å². The van der Waals surface area contributed by atoms with Crippen molar-refractivity contribution in [3.63, 3.8) is 0 Å². The van der Waals surface area contributed by atoms with E-state index >= 15 is 0 Å². The average molecular weight is 453 g/mol. The Labute approximate surface area is 189 Å². The molecular formula is C25H28N2O4S. The van der Waals surface area contributed by atoms with Crippen molar-refractivity contribution in [2.24, 2.45) is 0 Å². The minimum atomic E-state index is -3.35. The maximum atomic E-state index is 11.7. The lowest BCUT2D eigenvalue weighted by molar-refractivity contribution is 0.352. The van der Waals surface area contributed by atoms with E-state index in [1.807, 2.05) is 30.3 Å². The normalized spacial score (nSPS) is 15.7. The fourth-order valence-corrected chi connectivity index (χ4v) is 4.81. The largest absolute Gasteiger partial charge is 0.493 e. The number of nitrogens with one attached hydrogen (secondary N) is 2. The molecule has 1 atom stereocenters. The third-order valence-corrected chi connectivity index (χ3v) is 6.32. The highest BCUT2D eigenvalue weighted by Gasteiger charge is 2.23. The minimum absolute atomic E-state index is 0.184. The van der Waals surface area contributed by atoms with Crippen molar-refractivity contribution in [3.05, 3.63) is 77.4 Å². The lowest BCUT2D eigenvalue weighted by Gasteiger charge is -2.28. The lowest BCUT2D eigenvalue weighted by atomic mass is 9.89. The third-order valence-electron chi connectivity index (χ3n) is 5.73. The SMILES string of the molecule is COc1cc2c(cc1OC)C(Cc1ccc(-c3ccccc3NS(C)(=O)=O)cc1)NCC2. The lowest BCUT2D eigenvalue weighted by Crippen LogP contribution is -2.31. The van der Waals surface area contributed by atoms with Crippen LogP contribution in [0.5, 0.6) is 11.5 Å². The van der Waals surface area contributed by atoms with Crippen LogP contribution in [-0.2, 0) is 22.9 Å². The summed E-state index contributed by atoms with van der Waals surface area (Å²) < 4.78 is 37.0. The van der Waals surface area contributed by atoms with E-state index in [-0.39, 0.29) is 6.04 Å². The van der Waals surface area contributed by atoms with Gasteiger partial charge < -0.3 is 14.8 Å². The highest BCUT2D eigenvalue weighted by molar-refractivity contribution is 7.92. The molecule has 0 aliphatic carbocycles. The van der Waals surface area contributed by atoms with Gasteiger partial charge in [-0.1, -0.05) is 42.5 Å². The van der Waals surface area contributed by atoms with E-state index in [9.17, 15) is 8.42 Å². The van der Waals surface area contributed by atoms with E-state index in [1.165, 1.54) is 16.7 Å². The summed E-state index contributed by atoms with van der Waals surface area (Å²) in [6.07, 6.45) is 2.95. The van der Waals surface area contributed by atoms with E-state index in [4.69, 9.17) is 9.47 Å². The van der Waals surface area contributed by atoms with Gasteiger partial charge in [0.1, 0.15) is 0 Å². The molecule has 1 aliphatic rings. The van der Waals surface area contributed by atoms with Crippen LogP contribution in [0.15, 0.2) is 60.7 Å². The number of rotatable bonds is 7. The number of sulfonamides is 1. The molecule has 0 saturated carbocycles. The van der Waals surface area contributed by atoms with Gasteiger partial charge in [-0.15, -0.1) is 0 Å². The van der Waals surface area contributed by atoms with Crippen LogP contribution >= 0.6 is 0 Å². The number of anilines is 1. The molecule has 0 radical (unpaired) electrons. The second-order valence-corrected chi connectivity index (χ2v) is 9.73. The smallest absolute Gasteiger partial charge is 0.229 e. The van der Waals surface area contributed by atoms with Crippen LogP contribution in [0.4, 0.5) is 5.69 Å². The van der Waals surface area contributed by atoms with Crippen molar-refractivity contribution in [1.29, 1.82) is 0 Å². The quantitative estimate of drug-likeness (QED) is 0.563. The molecule has 3 aromatic carbocycles. The number of ether oxygens (including phenoxy) is 2. The Morgan fingerprint density at radius 3 is 2.38 bits per heavy atom. The van der Waals surface area contributed by atoms with E-state index in [2.05, 4.69) is 34.3 Å². The van der Waals surface area contributed by atoms with Gasteiger partial charge in [0, 0.05) is 11.6 Å². The van der Waals surface area contributed by atoms with Gasteiger partial charge in [-0.05, 0) is 59.8 Å². The number of hydrogen-bond acceptors (Lipinski definition) is 5. The van der Waals surface area contributed by atoms with Gasteiger partial charge in [0.15, 0.2) is 11.5 Å². The fourth-order valence-electron chi connectivity index (χ4n) is 4.23. The summed E-state index contributed by atoms with van der Waals surface area (Å²) in [5.74, 6) is 1.50. The Balaban J connectivity index is 1.58. The molecule has 0 bridgehead atoms. The first-order chi connectivity index (χ1) is 15.4. The Kier molecular flexibility index (Phi) is 6.39. The van der Waals surface area contributed by atoms with E-state index < -0.39 is 10.0 Å². The van der Waals surface area contributed by atoms with Gasteiger partial charge in [-0.25, -0.2) is 8.42 Å². The second-order valence-electron chi connectivity index (χ2n) is 7.98. The molecule has 1 heterocycles. The Morgan fingerprint density at radius 1 is 1.00 bits per heavy atom. The summed E-state index contributed by atoms with van der Waals surface area (Å²) in [6.45, 7) is 0.912. The monoisotopic (exact) mass is 452 g/mol. The molecule has 3 aromatic rings. The van der Waals surface area contributed by atoms with E-state index in [0.29, 0.717) is 5.69 Å². The first-order valence-electron chi connectivity index (χ1n) is 10.5. The van der Waals surface area contributed by atoms with Crippen molar-refractivity contribution in [3.8, 4) is 22.6 Å². The second kappa shape index (κ2) is 9.22. The first-order valence-corrected chi connectivity index (χ1v) is 12.4. The summed E-state index contributed by atoms with van der Waals surface area (Å²) >= 11 is 0. The maximum absolute atomic E-state index is 11.7. The van der Waals surface area contributed by atoms with Gasteiger partial charge in [-0.2, -0.15) is 0 Å². The van der Waals surface area contributed by atoms with E-state index in [0.717, 1.165) is 48.3 Å². The van der Waals surface area contributed by atoms with E-state index in [1.54, 1.807) is 20.3 Å². The standard InChI is InChI=1S/C25H28N2O4S/c1-30-24-15-19-12-13-26-23(21(19)16-25(24)31-2)14-17-8-10-18(11-9-17)20-6-4-5-7-22(20)27-32(3,28)29/h4-11,15-16,23,26-27H,12-14H2,1-3H3. The molecule has 4 rings (SSSR count). The predicted octanol–water partition coefficient (Wildman–Crippen LogP) is 4.17. The fraction of sp³-hybridized carbons (Fsp3) is 0.280. The minimum Gasteiger partial charge on any atom is -0.493 e. The molecule has 0 fully saturated rings. The zero-order chi connectivity index (χ0) is 22.7. The van der Waals surface area contributed by atoms with Crippen LogP contribution < -0.4 is 19.5 Å². The number of para-hydroxylation sites is 1. The summed E-state index contributed by atoms with van der Waals surface area (Å²) in [5, 5.41) is 3.62. The van der Waals surface area contributed by atoms with Crippen LogP contribution in [0.25, 0.3) is 11.1 Å². The molecule has 0 saturated heterocycles. The average Bonchev–Trinajstić information content (AvgIpc) is 2.78. The molecule has 0 aromatic heterocycles. The topological polar surface area (TPSA) is 76.7 Å². The van der Waals surface area contributed by atoms with Crippen LogP contribution in [-0.4, -0.2) is 35.4 Å². The van der Waals surface area contributed by atoms with Crippen molar-refractivity contribution >= 4 is 15.7 Å². The van der Waals surface area contributed by atoms with Gasteiger partial charge in [-0.3, -0.25) is 4.72 Å². The van der Waals surface area contributed by atoms with Crippen LogP contribution in [0.1, 0.15) is 22.7 Å². The molecular weight excluding hydrogens is 424 g/mol. The number of benzene rings is 3. The van der Waals surface area contributed by atoms with Crippen LogP contribution in [0.3, 0.4) is 0 Å². The van der Waals surface area contributed by atoms with Crippen LogP contribution in [0.2, 0.25) is 0 Å². The molecule has 32 heavy (non-hydrogen) atoms. The first kappa shape index (κ1) is 22.2. The zero-order valence-electron chi connectivity index (χ0n) is 18.5. The van der Waals surface area contributed by atoms with Gasteiger partial charge in [0.05, 0.1) is 26.2 Å². The molecule has 168 valence electrons. The Bertz CT molecular complexity index is 1210. The zero-order valence-corrected chi connectivity index (χ0v) is 19.3. The highest BCUT2D eigenvalue weighted by atomic mass is 32.2. The number of methoxy groups -OCH3 is 2. The highest BCUT2D eigenvalue weighted by Crippen LogP contribution is 2.36. The third kappa shape index (κ3) is 4.89. The molecule has 2 N–H and O–H groups in total. The number of fused-ring (bicyclic) bond motifs is 1. The Hall–Kier alpha value is -3.03. The van der Waals surface area contributed by atoms with Gasteiger partial charge >= 0.3 is 0 Å². The molecule has 1 unspecified atom stereocenters. The maximum Gasteiger partial charge on any atom is 0.229 e. The van der Waals surface area contributed by atoms with Crippen molar-refractivity contribution in [2.45, 2.75) is 18.9 Å². The molecule has 7 heteroatoms. The summed E-state index contributed by atoms with van der Waals surface area (Å²) in [7, 11) is -0.0336. The van der Waals surface area contributed by atoms with Gasteiger partial charge in [0.25, 0.3) is 0 Å². The number of hydrogen-bond donors (Lipinski definition) is 2. The molecule has 1 aliphatic heterocycles. The van der Waals surface area contributed by atoms with Crippen molar-refractivity contribution < 1.29 is 17.9 Å². The van der Waals surface area contributed by atoms with Crippen LogP contribution in [0, 0.1) is 0 Å². The summed E-state index contributed by atoms with van der Waals surface area (Å²) in [6, 6.07) is 20.0. The Morgan fingerprint density at radius 2 is 1.69 bits per heavy atom. The molecule has 0 amide bonds. The predicted molar refractivity (Wildman–Crippen MR) is 128 cm³/mol. The summed E-state index contributed by atoms with van der Waals surface area (Å²) in [4.78, 5) is 0. The molecule has 0 spiro atoms. The van der Waals surface area contributed by atoms with Crippen molar-refractivity contribution in [2.75, 3.05) is 31.7 Å². The van der Waals surface area contributed by atoms with Gasteiger partial charge in [0.2, 0.25) is 10.0 Å². The molecule has 6 nitrogen and oxygen atoms in total.